The van der Waals surface area contributed by atoms with Gasteiger partial charge < -0.3 is 19.5 Å². The molecule has 0 heterocycles. The summed E-state index contributed by atoms with van der Waals surface area (Å²) >= 11 is 6.48. The molecule has 1 N–H and O–H groups in total. The van der Waals surface area contributed by atoms with Crippen LogP contribution in [0.15, 0.2) is 78.9 Å². The van der Waals surface area contributed by atoms with Crippen LogP contribution in [-0.2, 0) is 19.5 Å². The van der Waals surface area contributed by atoms with Crippen LogP contribution >= 0.6 is 11.6 Å². The number of aryl methyl sites for hydroxylation is 1. The van der Waals surface area contributed by atoms with E-state index < -0.39 is 0 Å². The lowest BCUT2D eigenvalue weighted by molar-refractivity contribution is 0.307. The number of methoxy groups -OCH3 is 2. The average molecular weight is 476 g/mol. The van der Waals surface area contributed by atoms with Gasteiger partial charge in [0.2, 0.25) is 0 Å². The third-order valence-electron chi connectivity index (χ3n) is 5.88. The van der Waals surface area contributed by atoms with E-state index in [1.807, 2.05) is 12.1 Å². The molecular weight excluding hydrogens is 446 g/mol. The average Bonchev–Trinajstić information content (AvgIpc) is 2.88. The minimum absolute atomic E-state index is 0.593. The van der Waals surface area contributed by atoms with E-state index in [0.717, 1.165) is 29.7 Å². The third-order valence-corrected chi connectivity index (χ3v) is 6.23. The number of hydrogen-bond donors (Lipinski definition) is 1. The molecule has 0 saturated heterocycles. The molecule has 0 bridgehead atoms. The number of fused-ring (bicyclic) bond motifs is 1. The van der Waals surface area contributed by atoms with Crippen LogP contribution in [0.5, 0.6) is 17.2 Å². The number of hydrogen-bond acceptors (Lipinski definition) is 4. The maximum atomic E-state index is 6.48. The van der Waals surface area contributed by atoms with Gasteiger partial charge in [0.25, 0.3) is 0 Å². The molecule has 0 aromatic heterocycles. The highest BCUT2D eigenvalue weighted by molar-refractivity contribution is 6.31. The van der Waals surface area contributed by atoms with Gasteiger partial charge in [-0.15, -0.1) is 0 Å². The van der Waals surface area contributed by atoms with Crippen molar-refractivity contribution < 1.29 is 14.2 Å². The molecule has 0 radical (unpaired) electrons. The monoisotopic (exact) mass is 475 g/mol. The molecule has 176 valence electrons. The molecule has 4 rings (SSSR count). The van der Waals surface area contributed by atoms with E-state index in [1.165, 1.54) is 16.3 Å². The lowest BCUT2D eigenvalue weighted by atomic mass is 10.0. The van der Waals surface area contributed by atoms with Crippen LogP contribution in [0.2, 0.25) is 5.02 Å². The third kappa shape index (κ3) is 5.82. The van der Waals surface area contributed by atoms with Crippen molar-refractivity contribution in [2.75, 3.05) is 20.8 Å². The second-order valence-electron chi connectivity index (χ2n) is 8.10. The fourth-order valence-electron chi connectivity index (χ4n) is 4.09. The minimum Gasteiger partial charge on any atom is -0.493 e. The van der Waals surface area contributed by atoms with E-state index in [0.29, 0.717) is 36.2 Å². The molecule has 0 atom stereocenters. The van der Waals surface area contributed by atoms with Crippen molar-refractivity contribution in [2.24, 2.45) is 0 Å². The van der Waals surface area contributed by atoms with Gasteiger partial charge >= 0.3 is 0 Å². The molecule has 0 saturated carbocycles. The molecule has 0 aliphatic rings. The maximum absolute atomic E-state index is 6.48. The van der Waals surface area contributed by atoms with Gasteiger partial charge in [0, 0.05) is 29.7 Å². The Morgan fingerprint density at radius 1 is 0.765 bits per heavy atom. The Kier molecular flexibility index (Phi) is 8.29. The first-order valence-corrected chi connectivity index (χ1v) is 11.9. The second kappa shape index (κ2) is 11.8. The fraction of sp³-hybridized carbons (Fsp3) is 0.241. The zero-order chi connectivity index (χ0) is 23.8. The second-order valence-corrected chi connectivity index (χ2v) is 8.51. The Morgan fingerprint density at radius 2 is 1.50 bits per heavy atom. The zero-order valence-electron chi connectivity index (χ0n) is 19.6. The van der Waals surface area contributed by atoms with Crippen molar-refractivity contribution in [1.82, 2.24) is 5.32 Å². The van der Waals surface area contributed by atoms with Crippen molar-refractivity contribution in [2.45, 2.75) is 25.9 Å². The summed E-state index contributed by atoms with van der Waals surface area (Å²) in [5, 5.41) is 6.56. The van der Waals surface area contributed by atoms with Gasteiger partial charge in [-0.1, -0.05) is 72.3 Å². The molecule has 0 unspecified atom stereocenters. The number of nitrogens with one attached hydrogen (secondary N) is 1. The van der Waals surface area contributed by atoms with Crippen molar-refractivity contribution >= 4 is 22.4 Å². The maximum Gasteiger partial charge on any atom is 0.162 e. The highest BCUT2D eigenvalue weighted by atomic mass is 35.5. The smallest absolute Gasteiger partial charge is 0.162 e. The van der Waals surface area contributed by atoms with Gasteiger partial charge in [-0.2, -0.15) is 0 Å². The molecular formula is C29H30ClNO3. The lowest BCUT2D eigenvalue weighted by Crippen LogP contribution is -2.15. The van der Waals surface area contributed by atoms with E-state index >= 15 is 0 Å². The standard InChI is InChI=1S/C29H30ClNO3/c1-32-28-17-23(26(30)18-29(28)33-2)19-31-20-25-24-13-7-6-12-22(24)14-15-27(25)34-16-8-11-21-9-4-3-5-10-21/h3-7,9-10,12-15,17-18,31H,8,11,16,19-20H2,1-2H3. The van der Waals surface area contributed by atoms with E-state index in [-0.39, 0.29) is 0 Å². The molecule has 4 aromatic carbocycles. The van der Waals surface area contributed by atoms with Crippen molar-refractivity contribution in [3.63, 3.8) is 0 Å². The number of halogens is 1. The Hall–Kier alpha value is -3.21. The molecule has 4 nitrogen and oxygen atoms in total. The molecule has 5 heteroatoms. The Labute approximate surface area is 206 Å². The van der Waals surface area contributed by atoms with Crippen LogP contribution < -0.4 is 19.5 Å². The van der Waals surface area contributed by atoms with Gasteiger partial charge in [-0.25, -0.2) is 0 Å². The zero-order valence-corrected chi connectivity index (χ0v) is 20.4. The van der Waals surface area contributed by atoms with E-state index in [1.54, 1.807) is 20.3 Å². The highest BCUT2D eigenvalue weighted by Crippen LogP contribution is 2.33. The van der Waals surface area contributed by atoms with Crippen LogP contribution in [0.25, 0.3) is 10.8 Å². The first kappa shape index (κ1) is 23.9. The van der Waals surface area contributed by atoms with Crippen LogP contribution in [0, 0.1) is 0 Å². The summed E-state index contributed by atoms with van der Waals surface area (Å²) < 4.78 is 17.0. The van der Waals surface area contributed by atoms with E-state index in [2.05, 4.69) is 66.0 Å². The van der Waals surface area contributed by atoms with Crippen LogP contribution in [0.4, 0.5) is 0 Å². The van der Waals surface area contributed by atoms with Crippen molar-refractivity contribution in [1.29, 1.82) is 0 Å². The quantitative estimate of drug-likeness (QED) is 0.242. The van der Waals surface area contributed by atoms with Crippen molar-refractivity contribution in [3.05, 3.63) is 101 Å². The summed E-state index contributed by atoms with van der Waals surface area (Å²) in [5.41, 5.74) is 3.43. The Morgan fingerprint density at radius 3 is 2.29 bits per heavy atom. The first-order valence-electron chi connectivity index (χ1n) is 11.5. The minimum atomic E-state index is 0.593. The van der Waals surface area contributed by atoms with Crippen LogP contribution in [0.1, 0.15) is 23.1 Å². The van der Waals surface area contributed by atoms with Gasteiger partial charge in [-0.3, -0.25) is 0 Å². The van der Waals surface area contributed by atoms with E-state index in [9.17, 15) is 0 Å². The lowest BCUT2D eigenvalue weighted by Gasteiger charge is -2.16. The number of rotatable bonds is 11. The molecule has 4 aromatic rings. The molecule has 0 aliphatic carbocycles. The summed E-state index contributed by atoms with van der Waals surface area (Å²) in [6, 6.07) is 26.8. The van der Waals surface area contributed by atoms with Gasteiger partial charge in [-0.05, 0) is 46.9 Å². The SMILES string of the molecule is COc1cc(Cl)c(CNCc2c(OCCCc3ccccc3)ccc3ccccc23)cc1OC. The predicted molar refractivity (Wildman–Crippen MR) is 139 cm³/mol. The van der Waals surface area contributed by atoms with Gasteiger partial charge in [0.05, 0.1) is 20.8 Å². The highest BCUT2D eigenvalue weighted by Gasteiger charge is 2.12. The van der Waals surface area contributed by atoms with Crippen molar-refractivity contribution in [3.8, 4) is 17.2 Å². The van der Waals surface area contributed by atoms with Crippen LogP contribution in [-0.4, -0.2) is 20.8 Å². The van der Waals surface area contributed by atoms with Gasteiger partial charge in [0.15, 0.2) is 11.5 Å². The van der Waals surface area contributed by atoms with E-state index in [4.69, 9.17) is 25.8 Å². The Balaban J connectivity index is 1.46. The number of benzene rings is 4. The molecule has 34 heavy (non-hydrogen) atoms. The van der Waals surface area contributed by atoms with Gasteiger partial charge in [0.1, 0.15) is 5.75 Å². The topological polar surface area (TPSA) is 39.7 Å². The van der Waals surface area contributed by atoms with Crippen LogP contribution in [0.3, 0.4) is 0 Å². The predicted octanol–water partition coefficient (Wildman–Crippen LogP) is 6.81. The largest absolute Gasteiger partial charge is 0.493 e. The summed E-state index contributed by atoms with van der Waals surface area (Å²) in [6.45, 7) is 1.91. The summed E-state index contributed by atoms with van der Waals surface area (Å²) in [4.78, 5) is 0. The fourth-order valence-corrected chi connectivity index (χ4v) is 4.31. The molecule has 0 spiro atoms. The summed E-state index contributed by atoms with van der Waals surface area (Å²) in [6.07, 6.45) is 1.96. The molecule has 0 aliphatic heterocycles. The summed E-state index contributed by atoms with van der Waals surface area (Å²) in [7, 11) is 3.23. The summed E-state index contributed by atoms with van der Waals surface area (Å²) in [5.74, 6) is 2.20. The normalized spacial score (nSPS) is 10.9. The first-order chi connectivity index (χ1) is 16.7. The number of ether oxygens (including phenoxy) is 3. The Bertz CT molecular complexity index is 1230. The molecule has 0 fully saturated rings. The molecule has 0 amide bonds.